The first-order chi connectivity index (χ1) is 13.5. The predicted molar refractivity (Wildman–Crippen MR) is 103 cm³/mol. The van der Waals surface area contributed by atoms with Crippen molar-refractivity contribution in [3.8, 4) is 17.2 Å². The van der Waals surface area contributed by atoms with Gasteiger partial charge in [-0.15, -0.1) is 0 Å². The molecule has 0 unspecified atom stereocenters. The van der Waals surface area contributed by atoms with Crippen LogP contribution in [0.15, 0.2) is 36.4 Å². The summed E-state index contributed by atoms with van der Waals surface area (Å²) in [6.07, 6.45) is 0. The maximum absolute atomic E-state index is 13.7. The number of methoxy groups -OCH3 is 1. The SMILES string of the molecule is CCOc1ccc(C(=O)NCC(=O)Nc2ccc(OC)c(F)c2)cc1OCC. The van der Waals surface area contributed by atoms with Crippen molar-refractivity contribution in [2.75, 3.05) is 32.2 Å². The van der Waals surface area contributed by atoms with Crippen LogP contribution in [-0.2, 0) is 4.79 Å². The van der Waals surface area contributed by atoms with E-state index in [-0.39, 0.29) is 18.0 Å². The van der Waals surface area contributed by atoms with E-state index in [1.807, 2.05) is 13.8 Å². The molecule has 0 bridgehead atoms. The van der Waals surface area contributed by atoms with Crippen LogP contribution in [0, 0.1) is 5.82 Å². The van der Waals surface area contributed by atoms with Gasteiger partial charge in [0.1, 0.15) is 0 Å². The minimum Gasteiger partial charge on any atom is -0.494 e. The molecule has 0 aliphatic heterocycles. The molecule has 2 amide bonds. The first-order valence-corrected chi connectivity index (χ1v) is 8.79. The quantitative estimate of drug-likeness (QED) is 0.688. The number of amides is 2. The van der Waals surface area contributed by atoms with E-state index in [1.54, 1.807) is 18.2 Å². The van der Waals surface area contributed by atoms with Crippen LogP contribution >= 0.6 is 0 Å². The Hall–Kier alpha value is -3.29. The predicted octanol–water partition coefficient (Wildman–Crippen LogP) is 3.00. The van der Waals surface area contributed by atoms with Crippen LogP contribution in [0.2, 0.25) is 0 Å². The summed E-state index contributed by atoms with van der Waals surface area (Å²) in [5.74, 6) is -0.460. The molecule has 28 heavy (non-hydrogen) atoms. The van der Waals surface area contributed by atoms with Gasteiger partial charge >= 0.3 is 0 Å². The maximum atomic E-state index is 13.7. The molecule has 0 aliphatic rings. The first-order valence-electron chi connectivity index (χ1n) is 8.79. The van der Waals surface area contributed by atoms with Gasteiger partial charge in [0.15, 0.2) is 23.1 Å². The molecule has 0 fully saturated rings. The van der Waals surface area contributed by atoms with Gasteiger partial charge in [-0.2, -0.15) is 0 Å². The third kappa shape index (κ3) is 5.60. The number of ether oxygens (including phenoxy) is 3. The van der Waals surface area contributed by atoms with Crippen LogP contribution in [0.4, 0.5) is 10.1 Å². The monoisotopic (exact) mass is 390 g/mol. The molecule has 0 aromatic heterocycles. The Balaban J connectivity index is 1.96. The lowest BCUT2D eigenvalue weighted by molar-refractivity contribution is -0.115. The first kappa shape index (κ1) is 21.0. The Labute approximate surface area is 162 Å². The Morgan fingerprint density at radius 2 is 1.64 bits per heavy atom. The van der Waals surface area contributed by atoms with Gasteiger partial charge in [0.25, 0.3) is 5.91 Å². The third-order valence-corrected chi connectivity index (χ3v) is 3.65. The van der Waals surface area contributed by atoms with E-state index in [9.17, 15) is 14.0 Å². The molecule has 0 aliphatic carbocycles. The summed E-state index contributed by atoms with van der Waals surface area (Å²) in [6.45, 7) is 4.30. The lowest BCUT2D eigenvalue weighted by atomic mass is 10.2. The van der Waals surface area contributed by atoms with E-state index >= 15 is 0 Å². The zero-order valence-electron chi connectivity index (χ0n) is 16.0. The minimum absolute atomic E-state index is 0.0758. The van der Waals surface area contributed by atoms with Crippen molar-refractivity contribution in [3.63, 3.8) is 0 Å². The van der Waals surface area contributed by atoms with Gasteiger partial charge < -0.3 is 24.8 Å². The van der Waals surface area contributed by atoms with Gasteiger partial charge in [-0.25, -0.2) is 4.39 Å². The van der Waals surface area contributed by atoms with Crippen molar-refractivity contribution in [2.45, 2.75) is 13.8 Å². The molecule has 0 atom stereocenters. The molecule has 0 radical (unpaired) electrons. The third-order valence-electron chi connectivity index (χ3n) is 3.65. The van der Waals surface area contributed by atoms with E-state index in [4.69, 9.17) is 14.2 Å². The Bertz CT molecular complexity index is 841. The molecule has 0 saturated carbocycles. The topological polar surface area (TPSA) is 85.9 Å². The second kappa shape index (κ2) is 10.1. The number of carbonyl (C=O) groups is 2. The lowest BCUT2D eigenvalue weighted by Gasteiger charge is -2.12. The molecule has 8 heteroatoms. The number of benzene rings is 2. The van der Waals surface area contributed by atoms with E-state index in [1.165, 1.54) is 19.2 Å². The number of hydrogen-bond donors (Lipinski definition) is 2. The largest absolute Gasteiger partial charge is 0.494 e. The number of nitrogens with one attached hydrogen (secondary N) is 2. The maximum Gasteiger partial charge on any atom is 0.251 e. The van der Waals surface area contributed by atoms with Crippen molar-refractivity contribution in [2.24, 2.45) is 0 Å². The zero-order chi connectivity index (χ0) is 20.5. The number of halogens is 1. The number of rotatable bonds is 9. The fourth-order valence-electron chi connectivity index (χ4n) is 2.40. The summed E-state index contributed by atoms with van der Waals surface area (Å²) < 4.78 is 29.4. The van der Waals surface area contributed by atoms with E-state index in [2.05, 4.69) is 10.6 Å². The van der Waals surface area contributed by atoms with Crippen molar-refractivity contribution in [3.05, 3.63) is 47.8 Å². The van der Waals surface area contributed by atoms with Crippen molar-refractivity contribution in [1.82, 2.24) is 5.32 Å². The Morgan fingerprint density at radius 1 is 0.964 bits per heavy atom. The van der Waals surface area contributed by atoms with Crippen molar-refractivity contribution >= 4 is 17.5 Å². The van der Waals surface area contributed by atoms with Crippen molar-refractivity contribution < 1.29 is 28.2 Å². The zero-order valence-corrected chi connectivity index (χ0v) is 16.0. The summed E-state index contributed by atoms with van der Waals surface area (Å²) in [6, 6.07) is 8.82. The molecule has 0 heterocycles. The molecule has 2 aromatic rings. The van der Waals surface area contributed by atoms with E-state index in [0.717, 1.165) is 6.07 Å². The summed E-state index contributed by atoms with van der Waals surface area (Å²) in [4.78, 5) is 24.3. The number of carbonyl (C=O) groups excluding carboxylic acids is 2. The molecule has 2 rings (SSSR count). The van der Waals surface area contributed by atoms with Gasteiger partial charge in [-0.05, 0) is 44.2 Å². The normalized spacial score (nSPS) is 10.1. The standard InChI is InChI=1S/C20H23FN2O5/c1-4-27-17-8-6-13(10-18(17)28-5-2)20(25)22-12-19(24)23-14-7-9-16(26-3)15(21)11-14/h6-11H,4-5,12H2,1-3H3,(H,22,25)(H,23,24). The molecular weight excluding hydrogens is 367 g/mol. The van der Waals surface area contributed by atoms with Gasteiger partial charge in [0, 0.05) is 17.3 Å². The smallest absolute Gasteiger partial charge is 0.251 e. The van der Waals surface area contributed by atoms with E-state index < -0.39 is 17.6 Å². The molecule has 2 aromatic carbocycles. The molecular formula is C20H23FN2O5. The van der Waals surface area contributed by atoms with Crippen LogP contribution in [-0.4, -0.2) is 38.7 Å². The second-order valence-corrected chi connectivity index (χ2v) is 5.61. The van der Waals surface area contributed by atoms with E-state index in [0.29, 0.717) is 30.3 Å². The van der Waals surface area contributed by atoms with Gasteiger partial charge in [-0.3, -0.25) is 9.59 Å². The Kier molecular flexibility index (Phi) is 7.62. The average Bonchev–Trinajstić information content (AvgIpc) is 2.68. The van der Waals surface area contributed by atoms with Crippen LogP contribution in [0.1, 0.15) is 24.2 Å². The highest BCUT2D eigenvalue weighted by Gasteiger charge is 2.13. The van der Waals surface area contributed by atoms with Gasteiger partial charge in [0.2, 0.25) is 5.91 Å². The highest BCUT2D eigenvalue weighted by atomic mass is 19.1. The highest BCUT2D eigenvalue weighted by molar-refractivity contribution is 5.99. The summed E-state index contributed by atoms with van der Waals surface area (Å²) in [5.41, 5.74) is 0.590. The summed E-state index contributed by atoms with van der Waals surface area (Å²) >= 11 is 0. The fourth-order valence-corrected chi connectivity index (χ4v) is 2.40. The molecule has 2 N–H and O–H groups in total. The molecule has 0 saturated heterocycles. The summed E-state index contributed by atoms with van der Waals surface area (Å²) in [7, 11) is 1.35. The highest BCUT2D eigenvalue weighted by Crippen LogP contribution is 2.28. The summed E-state index contributed by atoms with van der Waals surface area (Å²) in [5, 5.41) is 5.02. The van der Waals surface area contributed by atoms with Crippen molar-refractivity contribution in [1.29, 1.82) is 0 Å². The molecule has 7 nitrogen and oxygen atoms in total. The number of anilines is 1. The fraction of sp³-hybridized carbons (Fsp3) is 0.300. The molecule has 0 spiro atoms. The average molecular weight is 390 g/mol. The van der Waals surface area contributed by atoms with Crippen LogP contribution in [0.25, 0.3) is 0 Å². The number of hydrogen-bond acceptors (Lipinski definition) is 5. The van der Waals surface area contributed by atoms with Crippen LogP contribution in [0.3, 0.4) is 0 Å². The van der Waals surface area contributed by atoms with Crippen LogP contribution < -0.4 is 24.8 Å². The molecule has 150 valence electrons. The van der Waals surface area contributed by atoms with Gasteiger partial charge in [0.05, 0.1) is 26.9 Å². The van der Waals surface area contributed by atoms with Gasteiger partial charge in [-0.1, -0.05) is 0 Å². The second-order valence-electron chi connectivity index (χ2n) is 5.61. The lowest BCUT2D eigenvalue weighted by Crippen LogP contribution is -2.32. The minimum atomic E-state index is -0.595. The Morgan fingerprint density at radius 3 is 2.29 bits per heavy atom. The van der Waals surface area contributed by atoms with Crippen LogP contribution in [0.5, 0.6) is 17.2 Å².